The molecular weight excluding hydrogens is 677 g/mol. The van der Waals surface area contributed by atoms with Crippen molar-refractivity contribution in [1.82, 2.24) is 4.57 Å². The van der Waals surface area contributed by atoms with Crippen molar-refractivity contribution in [3.63, 3.8) is 0 Å². The zero-order valence-corrected chi connectivity index (χ0v) is 30.8. The molecule has 10 rings (SSSR count). The topological polar surface area (TPSA) is 8.17 Å². The number of anilines is 3. The molecule has 0 spiro atoms. The fourth-order valence-electron chi connectivity index (χ4n) is 8.38. The molecule has 0 aliphatic rings. The van der Waals surface area contributed by atoms with Crippen LogP contribution in [0.5, 0.6) is 0 Å². The highest BCUT2D eigenvalue weighted by Gasteiger charge is 2.27. The number of aromatic nitrogens is 1. The van der Waals surface area contributed by atoms with E-state index in [-0.39, 0.29) is 0 Å². The van der Waals surface area contributed by atoms with Gasteiger partial charge < -0.3 is 9.47 Å². The second-order valence-corrected chi connectivity index (χ2v) is 14.1. The van der Waals surface area contributed by atoms with Gasteiger partial charge in [0, 0.05) is 21.9 Å². The summed E-state index contributed by atoms with van der Waals surface area (Å²) in [4.78, 5) is 2.50. The Kier molecular flexibility index (Phi) is 8.55. The van der Waals surface area contributed by atoms with Crippen molar-refractivity contribution in [1.29, 1.82) is 0 Å². The van der Waals surface area contributed by atoms with E-state index in [1.54, 1.807) is 0 Å². The molecule has 0 aliphatic heterocycles. The van der Waals surface area contributed by atoms with Crippen molar-refractivity contribution >= 4 is 38.9 Å². The van der Waals surface area contributed by atoms with Crippen molar-refractivity contribution < 1.29 is 0 Å². The van der Waals surface area contributed by atoms with Crippen LogP contribution in [0.15, 0.2) is 231 Å². The molecule has 9 aromatic carbocycles. The number of nitrogens with zero attached hydrogens (tertiary/aromatic N) is 2. The third-order valence-corrected chi connectivity index (χ3v) is 10.8. The number of benzene rings is 9. The largest absolute Gasteiger partial charge is 0.307 e. The van der Waals surface area contributed by atoms with Crippen LogP contribution in [0.4, 0.5) is 17.1 Å². The number of para-hydroxylation sites is 5. The Hall–Kier alpha value is -7.42. The molecule has 2 heteroatoms. The summed E-state index contributed by atoms with van der Waals surface area (Å²) in [7, 11) is 0. The van der Waals surface area contributed by atoms with E-state index in [4.69, 9.17) is 0 Å². The molecule has 0 fully saturated rings. The van der Waals surface area contributed by atoms with Gasteiger partial charge in [0.25, 0.3) is 0 Å². The first-order valence-corrected chi connectivity index (χ1v) is 19.2. The van der Waals surface area contributed by atoms with Crippen LogP contribution >= 0.6 is 0 Å². The molecule has 0 N–H and O–H groups in total. The van der Waals surface area contributed by atoms with Crippen LogP contribution in [0, 0.1) is 0 Å². The van der Waals surface area contributed by atoms with Crippen LogP contribution in [0.2, 0.25) is 0 Å². The van der Waals surface area contributed by atoms with Crippen LogP contribution in [0.1, 0.15) is 0 Å². The minimum absolute atomic E-state index is 1.08. The van der Waals surface area contributed by atoms with E-state index in [1.807, 2.05) is 0 Å². The Morgan fingerprint density at radius 2 is 0.679 bits per heavy atom. The molecule has 1 aromatic heterocycles. The SMILES string of the molecule is c1ccc(-c2ccccc2-c2c(-c3ccccc3)cccc2N(c2ccccc2-c2ccccc2)c2ccccc2-n2c3ccccc3c3ccccc32)cc1. The number of hydrogen-bond donors (Lipinski definition) is 0. The maximum atomic E-state index is 2.50. The van der Waals surface area contributed by atoms with Crippen molar-refractivity contribution in [2.75, 3.05) is 4.90 Å². The first-order valence-electron chi connectivity index (χ1n) is 19.2. The fourth-order valence-corrected chi connectivity index (χ4v) is 8.38. The summed E-state index contributed by atoms with van der Waals surface area (Å²) in [6.45, 7) is 0. The monoisotopic (exact) mass is 714 g/mol. The van der Waals surface area contributed by atoms with Gasteiger partial charge in [0.05, 0.1) is 33.8 Å². The van der Waals surface area contributed by atoms with Gasteiger partial charge in [-0.25, -0.2) is 0 Å². The quantitative estimate of drug-likeness (QED) is 0.152. The average Bonchev–Trinajstić information content (AvgIpc) is 3.62. The first kappa shape index (κ1) is 33.2. The second kappa shape index (κ2) is 14.4. The molecule has 0 saturated heterocycles. The van der Waals surface area contributed by atoms with E-state index in [9.17, 15) is 0 Å². The number of fused-ring (bicyclic) bond motifs is 3. The predicted molar refractivity (Wildman–Crippen MR) is 237 cm³/mol. The van der Waals surface area contributed by atoms with E-state index in [2.05, 4.69) is 240 Å². The Bertz CT molecular complexity index is 2910. The third kappa shape index (κ3) is 5.76. The van der Waals surface area contributed by atoms with Gasteiger partial charge in [-0.3, -0.25) is 0 Å². The van der Waals surface area contributed by atoms with Gasteiger partial charge in [-0.15, -0.1) is 0 Å². The Labute approximate surface area is 327 Å². The highest BCUT2D eigenvalue weighted by Crippen LogP contribution is 2.51. The molecule has 0 saturated carbocycles. The summed E-state index contributed by atoms with van der Waals surface area (Å²) >= 11 is 0. The van der Waals surface area contributed by atoms with Gasteiger partial charge in [-0.05, 0) is 69.8 Å². The molecule has 264 valence electrons. The van der Waals surface area contributed by atoms with Crippen LogP contribution in [0.3, 0.4) is 0 Å². The molecule has 56 heavy (non-hydrogen) atoms. The molecule has 0 amide bonds. The summed E-state index contributed by atoms with van der Waals surface area (Å²) in [5, 5.41) is 2.47. The van der Waals surface area contributed by atoms with Crippen molar-refractivity contribution in [2.24, 2.45) is 0 Å². The summed E-state index contributed by atoms with van der Waals surface area (Å²) in [6, 6.07) is 83.2. The van der Waals surface area contributed by atoms with Crippen LogP contribution in [0.25, 0.3) is 72.0 Å². The lowest BCUT2D eigenvalue weighted by Gasteiger charge is -2.33. The van der Waals surface area contributed by atoms with Gasteiger partial charge in [0.2, 0.25) is 0 Å². The van der Waals surface area contributed by atoms with E-state index in [0.29, 0.717) is 0 Å². The lowest BCUT2D eigenvalue weighted by molar-refractivity contribution is 1.15. The zero-order chi connectivity index (χ0) is 37.3. The van der Waals surface area contributed by atoms with Gasteiger partial charge in [0.15, 0.2) is 0 Å². The molecule has 0 unspecified atom stereocenters. The lowest BCUT2D eigenvalue weighted by atomic mass is 9.87. The van der Waals surface area contributed by atoms with Crippen molar-refractivity contribution in [2.45, 2.75) is 0 Å². The summed E-state index contributed by atoms with van der Waals surface area (Å²) in [5.41, 5.74) is 16.0. The van der Waals surface area contributed by atoms with Gasteiger partial charge in [-0.1, -0.05) is 194 Å². The minimum Gasteiger partial charge on any atom is -0.307 e. The Morgan fingerprint density at radius 3 is 1.30 bits per heavy atom. The summed E-state index contributed by atoms with van der Waals surface area (Å²) in [5.74, 6) is 0. The van der Waals surface area contributed by atoms with Crippen LogP contribution in [-0.2, 0) is 0 Å². The lowest BCUT2D eigenvalue weighted by Crippen LogP contribution is -2.15. The molecule has 0 aliphatic carbocycles. The molecular formula is C54H38N2. The first-order chi connectivity index (χ1) is 27.8. The van der Waals surface area contributed by atoms with Gasteiger partial charge in [0.1, 0.15) is 0 Å². The standard InChI is InChI=1S/C54H38N2/c1-4-21-39(22-5-1)42-27-10-11-31-47(42)54-44(41-25-8-3-9-26-41)32-20-38-53(54)56(48-33-15-12-28-43(48)40-23-6-2-7-24-40)52-37-19-18-36-51(52)55-49-34-16-13-29-45(49)46-30-14-17-35-50(46)55/h1-38H. The molecule has 0 bridgehead atoms. The molecule has 1 heterocycles. The second-order valence-electron chi connectivity index (χ2n) is 14.1. The molecule has 2 nitrogen and oxygen atoms in total. The van der Waals surface area contributed by atoms with E-state index < -0.39 is 0 Å². The van der Waals surface area contributed by atoms with E-state index in [1.165, 1.54) is 49.6 Å². The normalized spacial score (nSPS) is 11.2. The van der Waals surface area contributed by atoms with E-state index >= 15 is 0 Å². The highest BCUT2D eigenvalue weighted by atomic mass is 15.2. The summed E-state index contributed by atoms with van der Waals surface area (Å²) in [6.07, 6.45) is 0. The molecule has 10 aromatic rings. The van der Waals surface area contributed by atoms with Crippen LogP contribution < -0.4 is 4.90 Å². The Balaban J connectivity index is 1.35. The van der Waals surface area contributed by atoms with Crippen molar-refractivity contribution in [3.05, 3.63) is 231 Å². The highest BCUT2D eigenvalue weighted by molar-refractivity contribution is 6.10. The predicted octanol–water partition coefficient (Wildman–Crippen LogP) is 14.9. The smallest absolute Gasteiger partial charge is 0.0702 e. The summed E-state index contributed by atoms with van der Waals surface area (Å²) < 4.78 is 2.44. The van der Waals surface area contributed by atoms with Crippen LogP contribution in [-0.4, -0.2) is 4.57 Å². The maximum Gasteiger partial charge on any atom is 0.0702 e. The molecule has 0 radical (unpaired) electrons. The average molecular weight is 715 g/mol. The Morgan fingerprint density at radius 1 is 0.268 bits per heavy atom. The zero-order valence-electron chi connectivity index (χ0n) is 30.8. The van der Waals surface area contributed by atoms with Gasteiger partial charge in [-0.2, -0.15) is 0 Å². The number of hydrogen-bond acceptors (Lipinski definition) is 1. The minimum atomic E-state index is 1.08. The van der Waals surface area contributed by atoms with E-state index in [0.717, 1.165) is 39.4 Å². The number of rotatable bonds is 8. The third-order valence-electron chi connectivity index (χ3n) is 10.8. The maximum absolute atomic E-state index is 2.50. The van der Waals surface area contributed by atoms with Gasteiger partial charge >= 0.3 is 0 Å². The molecule has 0 atom stereocenters. The van der Waals surface area contributed by atoms with Crippen molar-refractivity contribution in [3.8, 4) is 50.2 Å². The fraction of sp³-hybridized carbons (Fsp3) is 0.